The van der Waals surface area contributed by atoms with Gasteiger partial charge in [-0.3, -0.25) is 9.59 Å². The van der Waals surface area contributed by atoms with E-state index in [0.29, 0.717) is 25.9 Å². The van der Waals surface area contributed by atoms with Gasteiger partial charge in [0.15, 0.2) is 0 Å². The number of rotatable bonds is 4. The number of nitrogens with two attached hydrogens (primary N) is 1. The van der Waals surface area contributed by atoms with Gasteiger partial charge in [0.2, 0.25) is 11.8 Å². The summed E-state index contributed by atoms with van der Waals surface area (Å²) >= 11 is 0. The van der Waals surface area contributed by atoms with Crippen molar-refractivity contribution in [3.63, 3.8) is 0 Å². The van der Waals surface area contributed by atoms with E-state index in [1.165, 1.54) is 12.3 Å². The van der Waals surface area contributed by atoms with E-state index in [1.54, 1.807) is 0 Å². The van der Waals surface area contributed by atoms with Gasteiger partial charge in [-0.15, -0.1) is 0 Å². The van der Waals surface area contributed by atoms with Crippen LogP contribution in [-0.2, 0) is 15.8 Å². The van der Waals surface area contributed by atoms with Gasteiger partial charge < -0.3 is 16.0 Å². The zero-order valence-corrected chi connectivity index (χ0v) is 16.3. The van der Waals surface area contributed by atoms with Crippen molar-refractivity contribution in [2.45, 2.75) is 57.2 Å². The van der Waals surface area contributed by atoms with Gasteiger partial charge in [-0.2, -0.15) is 13.2 Å². The Hall–Kier alpha value is -2.16. The molecular weight excluding hydrogens is 385 g/mol. The normalized spacial score (nSPS) is 23.7. The monoisotopic (exact) mass is 412 g/mol. The van der Waals surface area contributed by atoms with Crippen molar-refractivity contribution in [2.75, 3.05) is 18.4 Å². The van der Waals surface area contributed by atoms with Gasteiger partial charge >= 0.3 is 6.18 Å². The Kier molecular flexibility index (Phi) is 6.77. The first-order valence-electron chi connectivity index (χ1n) is 10.1. The number of anilines is 1. The minimum absolute atomic E-state index is 0.0251. The van der Waals surface area contributed by atoms with E-state index in [0.717, 1.165) is 31.7 Å². The highest BCUT2D eigenvalue weighted by Gasteiger charge is 2.36. The molecule has 2 unspecified atom stereocenters. The van der Waals surface area contributed by atoms with Crippen LogP contribution in [0, 0.1) is 11.8 Å². The van der Waals surface area contributed by atoms with Crippen molar-refractivity contribution in [1.29, 1.82) is 0 Å². The maximum absolute atomic E-state index is 13.0. The average molecular weight is 412 g/mol. The Labute approximate surface area is 168 Å². The molecule has 9 heteroatoms. The third-order valence-electron chi connectivity index (χ3n) is 5.91. The van der Waals surface area contributed by atoms with Crippen LogP contribution >= 0.6 is 0 Å². The summed E-state index contributed by atoms with van der Waals surface area (Å²) in [4.78, 5) is 30.4. The number of nitrogens with zero attached hydrogens (tertiary/aromatic N) is 2. The van der Waals surface area contributed by atoms with E-state index < -0.39 is 23.5 Å². The van der Waals surface area contributed by atoms with Gasteiger partial charge in [0.1, 0.15) is 5.82 Å². The first-order chi connectivity index (χ1) is 13.8. The van der Waals surface area contributed by atoms with E-state index >= 15 is 0 Å². The van der Waals surface area contributed by atoms with E-state index in [-0.39, 0.29) is 30.2 Å². The summed E-state index contributed by atoms with van der Waals surface area (Å²) in [6, 6.07) is 1.99. The molecule has 29 heavy (non-hydrogen) atoms. The molecule has 1 aromatic rings. The number of carbonyl (C=O) groups is 2. The average Bonchev–Trinajstić information content (AvgIpc) is 2.68. The van der Waals surface area contributed by atoms with E-state index in [2.05, 4.69) is 10.3 Å². The number of nitrogens with one attached hydrogen (secondary N) is 1. The molecule has 2 heterocycles. The van der Waals surface area contributed by atoms with Crippen molar-refractivity contribution in [2.24, 2.45) is 17.6 Å². The van der Waals surface area contributed by atoms with Crippen LogP contribution in [0.2, 0.25) is 0 Å². The maximum atomic E-state index is 13.0. The SMILES string of the molecule is NC1CCCCC1C(=O)N1CCC(CC(=O)Nc2ncccc2C(F)(F)F)CC1. The van der Waals surface area contributed by atoms with Crippen LogP contribution in [0.1, 0.15) is 50.5 Å². The molecule has 1 aromatic heterocycles. The van der Waals surface area contributed by atoms with Gasteiger partial charge in [0.05, 0.1) is 11.5 Å². The Morgan fingerprint density at radius 2 is 1.86 bits per heavy atom. The molecule has 1 saturated carbocycles. The van der Waals surface area contributed by atoms with Crippen LogP contribution in [0.5, 0.6) is 0 Å². The van der Waals surface area contributed by atoms with Gasteiger partial charge in [-0.1, -0.05) is 12.8 Å². The van der Waals surface area contributed by atoms with Crippen LogP contribution in [0.15, 0.2) is 18.3 Å². The van der Waals surface area contributed by atoms with Crippen LogP contribution < -0.4 is 11.1 Å². The number of pyridine rings is 1. The summed E-state index contributed by atoms with van der Waals surface area (Å²) in [5.74, 6) is -0.953. The summed E-state index contributed by atoms with van der Waals surface area (Å²) in [5.41, 5.74) is 5.15. The first-order valence-corrected chi connectivity index (χ1v) is 10.1. The molecule has 3 N–H and O–H groups in total. The molecule has 0 bridgehead atoms. The number of alkyl halides is 3. The third kappa shape index (κ3) is 5.46. The van der Waals surface area contributed by atoms with Gasteiger partial charge in [-0.05, 0) is 43.7 Å². The Bertz CT molecular complexity index is 733. The van der Waals surface area contributed by atoms with Crippen molar-refractivity contribution < 1.29 is 22.8 Å². The zero-order valence-electron chi connectivity index (χ0n) is 16.3. The van der Waals surface area contributed by atoms with E-state index in [9.17, 15) is 22.8 Å². The second kappa shape index (κ2) is 9.11. The van der Waals surface area contributed by atoms with Crippen molar-refractivity contribution in [1.82, 2.24) is 9.88 Å². The summed E-state index contributed by atoms with van der Waals surface area (Å²) in [6.45, 7) is 1.11. The van der Waals surface area contributed by atoms with E-state index in [4.69, 9.17) is 5.73 Å². The number of halogens is 3. The molecular formula is C20H27F3N4O2. The largest absolute Gasteiger partial charge is 0.419 e. The number of hydrogen-bond donors (Lipinski definition) is 2. The predicted molar refractivity (Wildman–Crippen MR) is 102 cm³/mol. The van der Waals surface area contributed by atoms with Crippen molar-refractivity contribution >= 4 is 17.6 Å². The molecule has 0 radical (unpaired) electrons. The van der Waals surface area contributed by atoms with Crippen LogP contribution in [-0.4, -0.2) is 40.8 Å². The highest BCUT2D eigenvalue weighted by molar-refractivity contribution is 5.90. The number of likely N-dealkylation sites (tertiary alicyclic amines) is 1. The minimum Gasteiger partial charge on any atom is -0.342 e. The number of hydrogen-bond acceptors (Lipinski definition) is 4. The third-order valence-corrected chi connectivity index (χ3v) is 5.91. The second-order valence-electron chi connectivity index (χ2n) is 7.97. The molecule has 3 rings (SSSR count). The number of carbonyl (C=O) groups excluding carboxylic acids is 2. The summed E-state index contributed by atoms with van der Waals surface area (Å²) in [6.07, 6.45) is 1.83. The lowest BCUT2D eigenvalue weighted by atomic mass is 9.83. The van der Waals surface area contributed by atoms with Crippen molar-refractivity contribution in [3.8, 4) is 0 Å². The molecule has 160 valence electrons. The van der Waals surface area contributed by atoms with Crippen LogP contribution in [0.25, 0.3) is 0 Å². The number of amides is 2. The molecule has 1 aliphatic carbocycles. The fourth-order valence-corrected chi connectivity index (χ4v) is 4.24. The molecule has 2 atom stereocenters. The fraction of sp³-hybridized carbons (Fsp3) is 0.650. The molecule has 2 aliphatic rings. The smallest absolute Gasteiger partial charge is 0.342 e. The number of aromatic nitrogens is 1. The molecule has 0 aromatic carbocycles. The molecule has 6 nitrogen and oxygen atoms in total. The van der Waals surface area contributed by atoms with Crippen LogP contribution in [0.3, 0.4) is 0 Å². The van der Waals surface area contributed by atoms with Gasteiger partial charge in [0.25, 0.3) is 0 Å². The Balaban J connectivity index is 1.50. The van der Waals surface area contributed by atoms with Gasteiger partial charge in [-0.25, -0.2) is 4.98 Å². The molecule has 1 aliphatic heterocycles. The molecule has 1 saturated heterocycles. The lowest BCUT2D eigenvalue weighted by Gasteiger charge is -2.37. The first kappa shape index (κ1) is 21.5. The summed E-state index contributed by atoms with van der Waals surface area (Å²) in [5, 5.41) is 2.29. The van der Waals surface area contributed by atoms with E-state index in [1.807, 2.05) is 4.90 Å². The molecule has 2 fully saturated rings. The maximum Gasteiger partial charge on any atom is 0.419 e. The predicted octanol–water partition coefficient (Wildman–Crippen LogP) is 3.19. The quantitative estimate of drug-likeness (QED) is 0.795. The van der Waals surface area contributed by atoms with Crippen LogP contribution in [0.4, 0.5) is 19.0 Å². The zero-order chi connectivity index (χ0) is 21.0. The lowest BCUT2D eigenvalue weighted by Crippen LogP contribution is -2.48. The topological polar surface area (TPSA) is 88.3 Å². The van der Waals surface area contributed by atoms with Crippen molar-refractivity contribution in [3.05, 3.63) is 23.9 Å². The lowest BCUT2D eigenvalue weighted by molar-refractivity contribution is -0.138. The Morgan fingerprint density at radius 1 is 1.17 bits per heavy atom. The van der Waals surface area contributed by atoms with Gasteiger partial charge in [0, 0.05) is 31.7 Å². The molecule has 2 amide bonds. The Morgan fingerprint density at radius 3 is 2.52 bits per heavy atom. The standard InChI is InChI=1S/C20H27F3N4O2/c21-20(22,23)15-5-3-9-25-18(15)26-17(28)12-13-7-10-27(11-8-13)19(29)14-4-1-2-6-16(14)24/h3,5,9,13-14,16H,1-2,4,6-8,10-12,24H2,(H,25,26,28). The minimum atomic E-state index is -4.58. The number of piperidine rings is 1. The summed E-state index contributed by atoms with van der Waals surface area (Å²) in [7, 11) is 0. The summed E-state index contributed by atoms with van der Waals surface area (Å²) < 4.78 is 39.1. The highest BCUT2D eigenvalue weighted by atomic mass is 19.4. The second-order valence-corrected chi connectivity index (χ2v) is 7.97. The fourth-order valence-electron chi connectivity index (χ4n) is 4.24. The molecule has 0 spiro atoms. The highest BCUT2D eigenvalue weighted by Crippen LogP contribution is 2.34.